The van der Waals surface area contributed by atoms with Crippen molar-refractivity contribution >= 4 is 29.1 Å². The number of rotatable bonds is 13. The summed E-state index contributed by atoms with van der Waals surface area (Å²) in [5, 5.41) is 10.8. The Kier molecular flexibility index (Phi) is 10.5. The number of hydrogen-bond donors (Lipinski definition) is 2. The van der Waals surface area contributed by atoms with Gasteiger partial charge in [0.15, 0.2) is 0 Å². The summed E-state index contributed by atoms with van der Waals surface area (Å²) in [6.45, 7) is 7.91. The molecule has 2 N–H and O–H groups in total. The second-order valence-corrected chi connectivity index (χ2v) is 13.8. The van der Waals surface area contributed by atoms with Crippen LogP contribution < -0.4 is 26.5 Å². The molecule has 0 atom stereocenters. The maximum Gasteiger partial charge on any atom is 0.220 e. The molecular formula is C31H42N2OP+. The third-order valence-electron chi connectivity index (χ3n) is 6.34. The smallest absolute Gasteiger partial charge is 0.220 e. The molecule has 3 rings (SSSR count). The molecule has 0 heterocycles. The fourth-order valence-electron chi connectivity index (χ4n) is 4.60. The molecule has 3 aromatic carbocycles. The van der Waals surface area contributed by atoms with Crippen LogP contribution in [0.15, 0.2) is 91.0 Å². The van der Waals surface area contributed by atoms with Gasteiger partial charge in [-0.25, -0.2) is 0 Å². The summed E-state index contributed by atoms with van der Waals surface area (Å²) in [6, 6.07) is 33.2. The van der Waals surface area contributed by atoms with E-state index < -0.39 is 7.26 Å². The molecule has 4 heteroatoms. The summed E-state index contributed by atoms with van der Waals surface area (Å²) in [7, 11) is -1.74. The number of carbonyl (C=O) groups is 1. The minimum Gasteiger partial charge on any atom is -0.355 e. The molecule has 0 aliphatic heterocycles. The molecule has 3 nitrogen and oxygen atoms in total. The van der Waals surface area contributed by atoms with Gasteiger partial charge in [-0.15, -0.1) is 0 Å². The molecule has 0 fully saturated rings. The molecule has 0 bridgehead atoms. The number of carbonyl (C=O) groups excluding carboxylic acids is 1. The first kappa shape index (κ1) is 27.1. The van der Waals surface area contributed by atoms with E-state index in [2.05, 4.69) is 122 Å². The van der Waals surface area contributed by atoms with Gasteiger partial charge in [-0.3, -0.25) is 4.79 Å². The van der Waals surface area contributed by atoms with E-state index in [4.69, 9.17) is 0 Å². The molecule has 0 aliphatic rings. The molecule has 0 saturated carbocycles. The highest BCUT2D eigenvalue weighted by Crippen LogP contribution is 2.55. The monoisotopic (exact) mass is 489 g/mol. The van der Waals surface area contributed by atoms with Gasteiger partial charge in [-0.05, 0) is 76.4 Å². The van der Waals surface area contributed by atoms with E-state index in [9.17, 15) is 4.79 Å². The zero-order valence-electron chi connectivity index (χ0n) is 21.7. The largest absolute Gasteiger partial charge is 0.355 e. The molecule has 35 heavy (non-hydrogen) atoms. The van der Waals surface area contributed by atoms with Gasteiger partial charge >= 0.3 is 0 Å². The zero-order valence-corrected chi connectivity index (χ0v) is 22.6. The average molecular weight is 490 g/mol. The van der Waals surface area contributed by atoms with Crippen LogP contribution in [-0.4, -0.2) is 30.7 Å². The van der Waals surface area contributed by atoms with Gasteiger partial charge in [0.2, 0.25) is 5.91 Å². The molecule has 3 aromatic rings. The van der Waals surface area contributed by atoms with E-state index in [1.165, 1.54) is 15.9 Å². The fourth-order valence-corrected chi connectivity index (χ4v) is 9.01. The molecule has 0 spiro atoms. The SMILES string of the molecule is CC(C)(C)NCCNC(=O)CCCCCC[P+](c1ccccc1)(c1ccccc1)c1ccccc1. The Bertz CT molecular complexity index is 904. The number of hydrogen-bond acceptors (Lipinski definition) is 2. The first-order chi connectivity index (χ1) is 16.9. The van der Waals surface area contributed by atoms with Gasteiger partial charge < -0.3 is 10.6 Å². The Morgan fingerprint density at radius 2 is 1.11 bits per heavy atom. The zero-order chi connectivity index (χ0) is 25.0. The quantitative estimate of drug-likeness (QED) is 0.248. The minimum absolute atomic E-state index is 0.0852. The standard InChI is InChI=1S/C31H41N2OP/c1-31(2,3)33-25-24-32-30(34)23-15-4-5-16-26-35(27-17-9-6-10-18-27,28-19-11-7-12-20-28)29-21-13-8-14-22-29/h6-14,17-22,33H,4-5,15-16,23-26H2,1-3H3/p+1. The maximum atomic E-state index is 12.2. The summed E-state index contributed by atoms with van der Waals surface area (Å²) in [5.41, 5.74) is 0.0852. The number of nitrogens with one attached hydrogen (secondary N) is 2. The first-order valence-electron chi connectivity index (χ1n) is 13.0. The van der Waals surface area contributed by atoms with Gasteiger partial charge in [-0.1, -0.05) is 61.0 Å². The molecule has 1 amide bonds. The van der Waals surface area contributed by atoms with E-state index in [1.807, 2.05) is 0 Å². The van der Waals surface area contributed by atoms with E-state index >= 15 is 0 Å². The van der Waals surface area contributed by atoms with Crippen molar-refractivity contribution in [3.05, 3.63) is 91.0 Å². The Labute approximate surface area is 213 Å². The summed E-state index contributed by atoms with van der Waals surface area (Å²) in [5.74, 6) is 0.167. The number of benzene rings is 3. The van der Waals surface area contributed by atoms with Gasteiger partial charge in [0.05, 0.1) is 6.16 Å². The van der Waals surface area contributed by atoms with E-state index in [1.54, 1.807) is 0 Å². The van der Waals surface area contributed by atoms with Crippen molar-refractivity contribution < 1.29 is 4.79 Å². The second kappa shape index (κ2) is 13.6. The van der Waals surface area contributed by atoms with E-state index in [0.717, 1.165) is 38.4 Å². The van der Waals surface area contributed by atoms with Gasteiger partial charge in [0, 0.05) is 25.0 Å². The summed E-state index contributed by atoms with van der Waals surface area (Å²) < 4.78 is 0. The van der Waals surface area contributed by atoms with Gasteiger partial charge in [-0.2, -0.15) is 0 Å². The van der Waals surface area contributed by atoms with Crippen LogP contribution in [0.3, 0.4) is 0 Å². The Hall–Kier alpha value is -2.48. The van der Waals surface area contributed by atoms with Crippen molar-refractivity contribution in [2.45, 2.75) is 58.4 Å². The predicted molar refractivity (Wildman–Crippen MR) is 154 cm³/mol. The van der Waals surface area contributed by atoms with Crippen LogP contribution in [0.4, 0.5) is 0 Å². The fraction of sp³-hybridized carbons (Fsp3) is 0.387. The van der Waals surface area contributed by atoms with Crippen LogP contribution >= 0.6 is 7.26 Å². The van der Waals surface area contributed by atoms with Crippen LogP contribution in [0.2, 0.25) is 0 Å². The molecule has 0 saturated heterocycles. The Morgan fingerprint density at radius 3 is 1.57 bits per heavy atom. The van der Waals surface area contributed by atoms with Gasteiger partial charge in [0.1, 0.15) is 23.2 Å². The number of amides is 1. The second-order valence-electron chi connectivity index (χ2n) is 10.2. The normalized spacial score (nSPS) is 11.9. The molecule has 186 valence electrons. The predicted octanol–water partition coefficient (Wildman–Crippen LogP) is 5.44. The third kappa shape index (κ3) is 8.30. The lowest BCUT2D eigenvalue weighted by Crippen LogP contribution is -2.41. The summed E-state index contributed by atoms with van der Waals surface area (Å²) >= 11 is 0. The highest BCUT2D eigenvalue weighted by molar-refractivity contribution is 7.95. The minimum atomic E-state index is -1.74. The highest BCUT2D eigenvalue weighted by atomic mass is 31.2. The first-order valence-corrected chi connectivity index (χ1v) is 15.0. The Morgan fingerprint density at radius 1 is 0.657 bits per heavy atom. The van der Waals surface area contributed by atoms with Crippen molar-refractivity contribution in [1.29, 1.82) is 0 Å². The van der Waals surface area contributed by atoms with Crippen molar-refractivity contribution in [2.24, 2.45) is 0 Å². The molecule has 0 aromatic heterocycles. The maximum absolute atomic E-state index is 12.2. The van der Waals surface area contributed by atoms with Crippen molar-refractivity contribution in [2.75, 3.05) is 19.3 Å². The van der Waals surface area contributed by atoms with Gasteiger partial charge in [0.25, 0.3) is 0 Å². The van der Waals surface area contributed by atoms with Crippen LogP contribution in [0, 0.1) is 0 Å². The van der Waals surface area contributed by atoms with Crippen LogP contribution in [-0.2, 0) is 4.79 Å². The topological polar surface area (TPSA) is 41.1 Å². The van der Waals surface area contributed by atoms with E-state index in [0.29, 0.717) is 13.0 Å². The summed E-state index contributed by atoms with van der Waals surface area (Å²) in [6.07, 6.45) is 6.11. The average Bonchev–Trinajstić information content (AvgIpc) is 2.87. The molecule has 0 radical (unpaired) electrons. The van der Waals surface area contributed by atoms with E-state index in [-0.39, 0.29) is 11.4 Å². The Balaban J connectivity index is 1.59. The van der Waals surface area contributed by atoms with Crippen LogP contribution in [0.25, 0.3) is 0 Å². The van der Waals surface area contributed by atoms with Crippen LogP contribution in [0.5, 0.6) is 0 Å². The summed E-state index contributed by atoms with van der Waals surface area (Å²) in [4.78, 5) is 12.2. The van der Waals surface area contributed by atoms with Crippen LogP contribution in [0.1, 0.15) is 52.9 Å². The molecule has 0 aliphatic carbocycles. The van der Waals surface area contributed by atoms with Crippen molar-refractivity contribution in [3.8, 4) is 0 Å². The number of unbranched alkanes of at least 4 members (excludes halogenated alkanes) is 3. The van der Waals surface area contributed by atoms with Crippen molar-refractivity contribution in [3.63, 3.8) is 0 Å². The highest BCUT2D eigenvalue weighted by Gasteiger charge is 2.44. The third-order valence-corrected chi connectivity index (χ3v) is 10.9. The molecular weight excluding hydrogens is 447 g/mol. The lowest BCUT2D eigenvalue weighted by Gasteiger charge is -2.27. The van der Waals surface area contributed by atoms with Crippen molar-refractivity contribution in [1.82, 2.24) is 10.6 Å². The molecule has 0 unspecified atom stereocenters. The lowest BCUT2D eigenvalue weighted by molar-refractivity contribution is -0.121. The lowest BCUT2D eigenvalue weighted by atomic mass is 10.1.